The first-order valence-corrected chi connectivity index (χ1v) is 7.14. The van der Waals surface area contributed by atoms with E-state index in [4.69, 9.17) is 11.6 Å². The van der Waals surface area contributed by atoms with E-state index >= 15 is 0 Å². The van der Waals surface area contributed by atoms with Crippen molar-refractivity contribution in [2.75, 3.05) is 5.88 Å². The molecule has 16 heavy (non-hydrogen) atoms. The fourth-order valence-corrected chi connectivity index (χ4v) is 5.70. The molecular weight excluding hydrogens is 220 g/mol. The highest BCUT2D eigenvalue weighted by Gasteiger charge is 2.55. The van der Waals surface area contributed by atoms with Crippen molar-refractivity contribution in [3.8, 4) is 0 Å². The molecule has 0 heterocycles. The Balaban J connectivity index is 1.83. The molecule has 4 rings (SSSR count). The van der Waals surface area contributed by atoms with Crippen molar-refractivity contribution in [1.82, 2.24) is 0 Å². The van der Waals surface area contributed by atoms with E-state index in [1.807, 2.05) is 0 Å². The predicted octanol–water partition coefficient (Wildman–Crippen LogP) is 3.79. The van der Waals surface area contributed by atoms with Gasteiger partial charge in [-0.05, 0) is 61.2 Å². The average molecular weight is 241 g/mol. The van der Waals surface area contributed by atoms with E-state index in [0.29, 0.717) is 10.8 Å². The quantitative estimate of drug-likeness (QED) is 0.686. The van der Waals surface area contributed by atoms with Crippen LogP contribution in [0.25, 0.3) is 0 Å². The molecule has 0 amide bonds. The predicted molar refractivity (Wildman–Crippen MR) is 65.6 cm³/mol. The van der Waals surface area contributed by atoms with Gasteiger partial charge in [-0.15, -0.1) is 11.6 Å². The van der Waals surface area contributed by atoms with Gasteiger partial charge in [-0.1, -0.05) is 6.92 Å². The van der Waals surface area contributed by atoms with E-state index in [1.165, 1.54) is 38.5 Å². The van der Waals surface area contributed by atoms with Crippen molar-refractivity contribution in [2.24, 2.45) is 22.7 Å². The monoisotopic (exact) mass is 240 g/mol. The Morgan fingerprint density at radius 3 is 2.38 bits per heavy atom. The summed E-state index contributed by atoms with van der Waals surface area (Å²) < 4.78 is 0. The lowest BCUT2D eigenvalue weighted by molar-refractivity contribution is -0.132. The lowest BCUT2D eigenvalue weighted by Crippen LogP contribution is -2.51. The van der Waals surface area contributed by atoms with Gasteiger partial charge in [-0.2, -0.15) is 0 Å². The highest BCUT2D eigenvalue weighted by atomic mass is 35.5. The van der Waals surface area contributed by atoms with Gasteiger partial charge in [-0.3, -0.25) is 4.79 Å². The molecule has 0 N–H and O–H groups in total. The van der Waals surface area contributed by atoms with E-state index in [9.17, 15) is 4.79 Å². The molecule has 4 bridgehead atoms. The number of halogens is 1. The van der Waals surface area contributed by atoms with Crippen LogP contribution < -0.4 is 0 Å². The van der Waals surface area contributed by atoms with Crippen molar-refractivity contribution < 1.29 is 4.79 Å². The molecule has 0 saturated heterocycles. The maximum atomic E-state index is 11.7. The Hall–Kier alpha value is -0.0400. The second-order valence-electron chi connectivity index (χ2n) is 7.12. The first kappa shape index (κ1) is 11.1. The SMILES string of the molecule is CC12CC3CC(C1)CC(CC(=O)CCl)(C3)C2. The number of ketones is 1. The molecule has 0 aromatic heterocycles. The lowest BCUT2D eigenvalue weighted by Gasteiger charge is -2.61. The summed E-state index contributed by atoms with van der Waals surface area (Å²) in [6.45, 7) is 2.45. The minimum atomic E-state index is 0.216. The minimum Gasteiger partial charge on any atom is -0.298 e. The third-order valence-corrected chi connectivity index (χ3v) is 5.49. The fraction of sp³-hybridized carbons (Fsp3) is 0.929. The summed E-state index contributed by atoms with van der Waals surface area (Å²) in [5, 5.41) is 0. The van der Waals surface area contributed by atoms with E-state index in [0.717, 1.165) is 18.3 Å². The van der Waals surface area contributed by atoms with E-state index in [-0.39, 0.29) is 11.7 Å². The second kappa shape index (κ2) is 3.48. The van der Waals surface area contributed by atoms with Crippen LogP contribution >= 0.6 is 11.6 Å². The zero-order valence-electron chi connectivity index (χ0n) is 10.1. The molecule has 4 fully saturated rings. The number of hydrogen-bond donors (Lipinski definition) is 0. The van der Waals surface area contributed by atoms with Crippen LogP contribution in [0.3, 0.4) is 0 Å². The molecule has 90 valence electrons. The number of Topliss-reactive ketones (excluding diaryl/α,β-unsaturated/α-hetero) is 1. The van der Waals surface area contributed by atoms with Crippen LogP contribution in [-0.2, 0) is 4.79 Å². The Morgan fingerprint density at radius 1 is 1.25 bits per heavy atom. The third kappa shape index (κ3) is 1.72. The van der Waals surface area contributed by atoms with Crippen LogP contribution in [0.15, 0.2) is 0 Å². The minimum absolute atomic E-state index is 0.216. The normalized spacial score (nSPS) is 49.6. The van der Waals surface area contributed by atoms with Gasteiger partial charge in [-0.25, -0.2) is 0 Å². The number of hydrogen-bond acceptors (Lipinski definition) is 1. The summed E-state index contributed by atoms with van der Waals surface area (Å²) in [5.41, 5.74) is 0.904. The summed E-state index contributed by atoms with van der Waals surface area (Å²) in [7, 11) is 0. The molecule has 0 radical (unpaired) electrons. The number of carbonyl (C=O) groups excluding carboxylic acids is 1. The fourth-order valence-electron chi connectivity index (χ4n) is 5.60. The topological polar surface area (TPSA) is 17.1 Å². The van der Waals surface area contributed by atoms with E-state index < -0.39 is 0 Å². The van der Waals surface area contributed by atoms with Gasteiger partial charge in [0.05, 0.1) is 5.88 Å². The lowest BCUT2D eigenvalue weighted by atomic mass is 9.44. The van der Waals surface area contributed by atoms with Crippen molar-refractivity contribution >= 4 is 17.4 Å². The molecular formula is C14H21ClO. The van der Waals surface area contributed by atoms with E-state index in [1.54, 1.807) is 0 Å². The molecule has 4 aliphatic rings. The Morgan fingerprint density at radius 2 is 1.88 bits per heavy atom. The molecule has 0 aromatic carbocycles. The molecule has 0 aromatic rings. The molecule has 2 unspecified atom stereocenters. The van der Waals surface area contributed by atoms with Crippen molar-refractivity contribution in [3.63, 3.8) is 0 Å². The molecule has 1 nitrogen and oxygen atoms in total. The van der Waals surface area contributed by atoms with Crippen molar-refractivity contribution in [3.05, 3.63) is 0 Å². The van der Waals surface area contributed by atoms with E-state index in [2.05, 4.69) is 6.92 Å². The van der Waals surface area contributed by atoms with Gasteiger partial charge in [0.1, 0.15) is 5.78 Å². The van der Waals surface area contributed by atoms with Crippen LogP contribution in [0.1, 0.15) is 51.9 Å². The molecule has 4 saturated carbocycles. The molecule has 0 aliphatic heterocycles. The number of carbonyl (C=O) groups is 1. The summed E-state index contributed by atoms with van der Waals surface area (Å²) in [4.78, 5) is 11.7. The molecule has 2 atom stereocenters. The number of rotatable bonds is 3. The maximum absolute atomic E-state index is 11.7. The van der Waals surface area contributed by atoms with Gasteiger partial charge >= 0.3 is 0 Å². The number of alkyl halides is 1. The van der Waals surface area contributed by atoms with Crippen LogP contribution in [0.5, 0.6) is 0 Å². The molecule has 4 aliphatic carbocycles. The summed E-state index contributed by atoms with van der Waals surface area (Å²) >= 11 is 5.68. The zero-order valence-corrected chi connectivity index (χ0v) is 10.9. The highest BCUT2D eigenvalue weighted by molar-refractivity contribution is 6.27. The average Bonchev–Trinajstić information content (AvgIpc) is 2.12. The maximum Gasteiger partial charge on any atom is 0.148 e. The van der Waals surface area contributed by atoms with Gasteiger partial charge in [0.2, 0.25) is 0 Å². The van der Waals surface area contributed by atoms with Crippen molar-refractivity contribution in [1.29, 1.82) is 0 Å². The Labute approximate surface area is 103 Å². The van der Waals surface area contributed by atoms with Gasteiger partial charge in [0, 0.05) is 6.42 Å². The summed E-state index contributed by atoms with van der Waals surface area (Å²) in [6.07, 6.45) is 8.94. The molecule has 2 heteroatoms. The van der Waals surface area contributed by atoms with Crippen LogP contribution in [-0.4, -0.2) is 11.7 Å². The first-order chi connectivity index (χ1) is 7.53. The van der Waals surface area contributed by atoms with Crippen LogP contribution in [0.2, 0.25) is 0 Å². The summed E-state index contributed by atoms with van der Waals surface area (Å²) in [6, 6.07) is 0. The first-order valence-electron chi connectivity index (χ1n) is 6.60. The van der Waals surface area contributed by atoms with Crippen LogP contribution in [0, 0.1) is 22.7 Å². The largest absolute Gasteiger partial charge is 0.298 e. The Bertz CT molecular complexity index is 309. The summed E-state index contributed by atoms with van der Waals surface area (Å²) in [5.74, 6) is 2.31. The third-order valence-electron chi connectivity index (χ3n) is 5.20. The van der Waals surface area contributed by atoms with Gasteiger partial charge in [0.25, 0.3) is 0 Å². The zero-order chi connectivity index (χ0) is 11.4. The second-order valence-corrected chi connectivity index (χ2v) is 7.39. The van der Waals surface area contributed by atoms with Crippen molar-refractivity contribution in [2.45, 2.75) is 51.9 Å². The van der Waals surface area contributed by atoms with Gasteiger partial charge < -0.3 is 0 Å². The van der Waals surface area contributed by atoms with Crippen LogP contribution in [0.4, 0.5) is 0 Å². The molecule has 0 spiro atoms. The Kier molecular flexibility index (Phi) is 2.41. The van der Waals surface area contributed by atoms with Gasteiger partial charge in [0.15, 0.2) is 0 Å². The standard InChI is InChI=1S/C14H21ClO/c1-13-3-10-2-11(4-13)6-14(5-10,9-13)7-12(16)8-15/h10-11H,2-9H2,1H3. The highest BCUT2D eigenvalue weighted by Crippen LogP contribution is 2.66. The smallest absolute Gasteiger partial charge is 0.148 e.